The van der Waals surface area contributed by atoms with Gasteiger partial charge >= 0.3 is 6.09 Å². The van der Waals surface area contributed by atoms with Gasteiger partial charge in [-0.15, -0.1) is 0 Å². The average molecular weight is 389 g/mol. The van der Waals surface area contributed by atoms with Crippen molar-refractivity contribution in [2.24, 2.45) is 5.73 Å². The molecule has 27 heavy (non-hydrogen) atoms. The first kappa shape index (κ1) is 17.9. The average Bonchev–Trinajstić information content (AvgIpc) is 2.68. The molecule has 0 radical (unpaired) electrons. The smallest absolute Gasteiger partial charge is 0.405 e. The Morgan fingerprint density at radius 3 is 2.59 bits per heavy atom. The maximum atomic E-state index is 11.1. The summed E-state index contributed by atoms with van der Waals surface area (Å²) in [6, 6.07) is 11.9. The molecule has 2 heterocycles. The molecule has 2 aromatic rings. The number of nitrogens with two attached hydrogens (primary N) is 1. The minimum atomic E-state index is -0.776. The summed E-state index contributed by atoms with van der Waals surface area (Å²) in [5.74, 6) is 0.707. The first-order chi connectivity index (χ1) is 13.1. The number of rotatable bonds is 3. The predicted octanol–water partition coefficient (Wildman–Crippen LogP) is 3.76. The van der Waals surface area contributed by atoms with E-state index in [-0.39, 0.29) is 6.10 Å². The number of benzene rings is 2. The number of nitrogens with zero attached hydrogens (tertiary/aromatic N) is 1. The summed E-state index contributed by atoms with van der Waals surface area (Å²) in [6.45, 7) is 3.59. The Kier molecular flexibility index (Phi) is 5.09. The molecule has 0 saturated carbocycles. The topological polar surface area (TPSA) is 74.0 Å². The maximum absolute atomic E-state index is 11.1. The van der Waals surface area contributed by atoms with Crippen LogP contribution in [0.1, 0.15) is 18.1 Å². The zero-order valence-electron chi connectivity index (χ0n) is 14.8. The number of hydrogen-bond donors (Lipinski definition) is 1. The van der Waals surface area contributed by atoms with E-state index in [0.29, 0.717) is 23.8 Å². The molecule has 0 spiro atoms. The van der Waals surface area contributed by atoms with Crippen LogP contribution in [0, 0.1) is 0 Å². The standard InChI is InChI=1S/C20H21ClN2O4/c21-16-11-13(2-4-17(16)23-6-9-25-10-7-23)14-1-3-15-18(27-20(22)24)5-8-26-19(15)12-14/h1-4,11-12,18H,5-10H2,(H2,22,24). The van der Waals surface area contributed by atoms with Gasteiger partial charge in [-0.25, -0.2) is 4.79 Å². The fourth-order valence-electron chi connectivity index (χ4n) is 3.55. The first-order valence-electron chi connectivity index (χ1n) is 8.97. The molecule has 0 bridgehead atoms. The lowest BCUT2D eigenvalue weighted by Gasteiger charge is -2.29. The molecule has 142 valence electrons. The third kappa shape index (κ3) is 3.82. The van der Waals surface area contributed by atoms with Crippen LogP contribution in [0.25, 0.3) is 11.1 Å². The normalized spacial score (nSPS) is 19.1. The lowest BCUT2D eigenvalue weighted by molar-refractivity contribution is 0.0766. The summed E-state index contributed by atoms with van der Waals surface area (Å²) in [4.78, 5) is 13.3. The molecule has 2 aromatic carbocycles. The van der Waals surface area contributed by atoms with Crippen LogP contribution in [-0.4, -0.2) is 39.0 Å². The number of fused-ring (bicyclic) bond motifs is 1. The van der Waals surface area contributed by atoms with E-state index in [9.17, 15) is 4.79 Å². The van der Waals surface area contributed by atoms with Crippen molar-refractivity contribution in [2.45, 2.75) is 12.5 Å². The zero-order chi connectivity index (χ0) is 18.8. The van der Waals surface area contributed by atoms with Crippen LogP contribution in [0.3, 0.4) is 0 Å². The third-order valence-corrected chi connectivity index (χ3v) is 5.19. The van der Waals surface area contributed by atoms with Crippen molar-refractivity contribution in [1.82, 2.24) is 0 Å². The van der Waals surface area contributed by atoms with Crippen molar-refractivity contribution in [3.8, 4) is 16.9 Å². The zero-order valence-corrected chi connectivity index (χ0v) is 15.6. The van der Waals surface area contributed by atoms with Crippen LogP contribution in [-0.2, 0) is 9.47 Å². The minimum absolute atomic E-state index is 0.368. The molecule has 2 aliphatic heterocycles. The molecular formula is C20H21ClN2O4. The molecule has 1 fully saturated rings. The van der Waals surface area contributed by atoms with Gasteiger partial charge in [0, 0.05) is 25.1 Å². The van der Waals surface area contributed by atoms with Crippen molar-refractivity contribution in [3.05, 3.63) is 47.0 Å². The SMILES string of the molecule is NC(=O)OC1CCOc2cc(-c3ccc(N4CCOCC4)c(Cl)c3)ccc21. The quantitative estimate of drug-likeness (QED) is 0.866. The number of ether oxygens (including phenoxy) is 3. The van der Waals surface area contributed by atoms with Crippen molar-refractivity contribution in [1.29, 1.82) is 0 Å². The van der Waals surface area contributed by atoms with Crippen LogP contribution in [0.15, 0.2) is 36.4 Å². The molecule has 6 nitrogen and oxygen atoms in total. The molecule has 2 N–H and O–H groups in total. The largest absolute Gasteiger partial charge is 0.493 e. The molecule has 0 aliphatic carbocycles. The van der Waals surface area contributed by atoms with E-state index in [1.807, 2.05) is 30.3 Å². The van der Waals surface area contributed by atoms with Crippen molar-refractivity contribution >= 4 is 23.4 Å². The van der Waals surface area contributed by atoms with Crippen molar-refractivity contribution < 1.29 is 19.0 Å². The highest BCUT2D eigenvalue weighted by Gasteiger charge is 2.24. The fourth-order valence-corrected chi connectivity index (χ4v) is 3.85. The highest BCUT2D eigenvalue weighted by molar-refractivity contribution is 6.33. The molecule has 7 heteroatoms. The number of hydrogen-bond acceptors (Lipinski definition) is 5. The highest BCUT2D eigenvalue weighted by atomic mass is 35.5. The highest BCUT2D eigenvalue weighted by Crippen LogP contribution is 2.38. The first-order valence-corrected chi connectivity index (χ1v) is 9.35. The predicted molar refractivity (Wildman–Crippen MR) is 103 cm³/mol. The summed E-state index contributed by atoms with van der Waals surface area (Å²) in [5, 5.41) is 0.711. The van der Waals surface area contributed by atoms with Gasteiger partial charge in [0.15, 0.2) is 0 Å². The summed E-state index contributed by atoms with van der Waals surface area (Å²) in [6.07, 6.45) is -0.551. The Morgan fingerprint density at radius 1 is 1.11 bits per heavy atom. The van der Waals surface area contributed by atoms with Crippen LogP contribution < -0.4 is 15.4 Å². The van der Waals surface area contributed by atoms with Crippen LogP contribution >= 0.6 is 11.6 Å². The maximum Gasteiger partial charge on any atom is 0.405 e. The Hall–Kier alpha value is -2.44. The van der Waals surface area contributed by atoms with Gasteiger partial charge in [-0.1, -0.05) is 29.8 Å². The van der Waals surface area contributed by atoms with Gasteiger partial charge in [0.05, 0.1) is 30.5 Å². The molecule has 1 amide bonds. The number of carbonyl (C=O) groups is 1. The number of anilines is 1. The van der Waals surface area contributed by atoms with E-state index >= 15 is 0 Å². The van der Waals surface area contributed by atoms with E-state index in [1.165, 1.54) is 0 Å². The van der Waals surface area contributed by atoms with E-state index in [4.69, 9.17) is 31.5 Å². The Bertz CT molecular complexity index is 852. The lowest BCUT2D eigenvalue weighted by Crippen LogP contribution is -2.36. The van der Waals surface area contributed by atoms with Gasteiger partial charge in [-0.2, -0.15) is 0 Å². The third-order valence-electron chi connectivity index (χ3n) is 4.89. The van der Waals surface area contributed by atoms with E-state index in [1.54, 1.807) is 0 Å². The van der Waals surface area contributed by atoms with Gasteiger partial charge in [-0.3, -0.25) is 0 Å². The number of carbonyl (C=O) groups excluding carboxylic acids is 1. The van der Waals surface area contributed by atoms with Crippen LogP contribution in [0.5, 0.6) is 5.75 Å². The monoisotopic (exact) mass is 388 g/mol. The Labute approximate surface area is 162 Å². The fraction of sp³-hybridized carbons (Fsp3) is 0.350. The van der Waals surface area contributed by atoms with Crippen molar-refractivity contribution in [3.63, 3.8) is 0 Å². The van der Waals surface area contributed by atoms with Gasteiger partial charge < -0.3 is 24.8 Å². The van der Waals surface area contributed by atoms with E-state index in [0.717, 1.165) is 48.7 Å². The molecule has 2 aliphatic rings. The van der Waals surface area contributed by atoms with Crippen molar-refractivity contribution in [2.75, 3.05) is 37.8 Å². The van der Waals surface area contributed by atoms with Crippen LogP contribution in [0.4, 0.5) is 10.5 Å². The second kappa shape index (κ2) is 7.66. The summed E-state index contributed by atoms with van der Waals surface area (Å²) < 4.78 is 16.3. The Balaban J connectivity index is 1.60. The van der Waals surface area contributed by atoms with Gasteiger partial charge in [-0.05, 0) is 29.3 Å². The van der Waals surface area contributed by atoms with E-state index in [2.05, 4.69) is 11.0 Å². The number of morpholine rings is 1. The summed E-state index contributed by atoms with van der Waals surface area (Å²) >= 11 is 6.55. The molecule has 1 unspecified atom stereocenters. The Morgan fingerprint density at radius 2 is 1.85 bits per heavy atom. The van der Waals surface area contributed by atoms with Crippen LogP contribution in [0.2, 0.25) is 5.02 Å². The second-order valence-electron chi connectivity index (χ2n) is 6.58. The minimum Gasteiger partial charge on any atom is -0.493 e. The van der Waals surface area contributed by atoms with Gasteiger partial charge in [0.2, 0.25) is 0 Å². The lowest BCUT2D eigenvalue weighted by atomic mass is 9.97. The molecular weight excluding hydrogens is 368 g/mol. The number of halogens is 1. The summed E-state index contributed by atoms with van der Waals surface area (Å²) in [7, 11) is 0. The number of primary amides is 1. The van der Waals surface area contributed by atoms with Gasteiger partial charge in [0.25, 0.3) is 0 Å². The summed E-state index contributed by atoms with van der Waals surface area (Å²) in [5.41, 5.74) is 9.01. The molecule has 1 saturated heterocycles. The number of amides is 1. The van der Waals surface area contributed by atoms with E-state index < -0.39 is 6.09 Å². The molecule has 4 rings (SSSR count). The second-order valence-corrected chi connectivity index (χ2v) is 6.99. The molecule has 1 atom stereocenters. The molecule has 0 aromatic heterocycles. The van der Waals surface area contributed by atoms with Gasteiger partial charge in [0.1, 0.15) is 11.9 Å².